The summed E-state index contributed by atoms with van der Waals surface area (Å²) in [6.45, 7) is 1.56. The molecule has 0 aliphatic carbocycles. The van der Waals surface area contributed by atoms with E-state index in [2.05, 4.69) is 30.0 Å². The molecule has 1 aliphatic rings. The molecule has 0 radical (unpaired) electrons. The van der Waals surface area contributed by atoms with Gasteiger partial charge in [-0.15, -0.1) is 0 Å². The third kappa shape index (κ3) is 3.30. The van der Waals surface area contributed by atoms with Gasteiger partial charge in [0, 0.05) is 42.7 Å². The minimum Gasteiger partial charge on any atom is -0.352 e. The van der Waals surface area contributed by atoms with Gasteiger partial charge in [0.25, 0.3) is 0 Å². The fraction of sp³-hybridized carbons (Fsp3) is 0.120. The van der Waals surface area contributed by atoms with Gasteiger partial charge in [0.15, 0.2) is 11.5 Å². The van der Waals surface area contributed by atoms with E-state index in [1.807, 2.05) is 48.7 Å². The third-order valence-corrected chi connectivity index (χ3v) is 6.24. The molecular weight excluding hydrogens is 440 g/mol. The Morgan fingerprint density at radius 3 is 2.63 bits per heavy atom. The van der Waals surface area contributed by atoms with Crippen LogP contribution in [0, 0.1) is 0 Å². The lowest BCUT2D eigenvalue weighted by atomic mass is 10.1. The number of hydrogen-bond donors (Lipinski definition) is 3. The van der Waals surface area contributed by atoms with E-state index in [4.69, 9.17) is 20.7 Å². The predicted octanol–water partition coefficient (Wildman–Crippen LogP) is 3.17. The maximum atomic E-state index is 5.92. The summed E-state index contributed by atoms with van der Waals surface area (Å²) in [4.78, 5) is 28.7. The average molecular weight is 461 g/mol. The molecule has 0 spiro atoms. The first kappa shape index (κ1) is 19.7. The first-order valence-electron chi connectivity index (χ1n) is 11.3. The van der Waals surface area contributed by atoms with Crippen molar-refractivity contribution in [1.82, 2.24) is 40.1 Å². The number of anilines is 1. The molecule has 7 rings (SSSR count). The number of aromatic nitrogens is 8. The zero-order chi connectivity index (χ0) is 23.4. The smallest absolute Gasteiger partial charge is 0.161 e. The van der Waals surface area contributed by atoms with Crippen LogP contribution >= 0.6 is 0 Å². The van der Waals surface area contributed by atoms with Gasteiger partial charge in [-0.25, -0.2) is 15.0 Å². The van der Waals surface area contributed by atoms with Crippen molar-refractivity contribution in [1.29, 1.82) is 0 Å². The number of imidazole rings is 1. The van der Waals surface area contributed by atoms with E-state index in [9.17, 15) is 0 Å². The second-order valence-electron chi connectivity index (χ2n) is 8.62. The highest BCUT2D eigenvalue weighted by atomic mass is 15.3. The lowest BCUT2D eigenvalue weighted by Crippen LogP contribution is -2.56. The molecule has 5 aromatic heterocycles. The summed E-state index contributed by atoms with van der Waals surface area (Å²) in [7, 11) is 0. The number of nitrogens with two attached hydrogens (primary N) is 1. The first-order chi connectivity index (χ1) is 17.2. The molecule has 0 bridgehead atoms. The van der Waals surface area contributed by atoms with Crippen LogP contribution < -0.4 is 10.6 Å². The number of rotatable bonds is 4. The fourth-order valence-corrected chi connectivity index (χ4v) is 4.44. The Hall–Kier alpha value is -4.70. The molecule has 1 aliphatic heterocycles. The summed E-state index contributed by atoms with van der Waals surface area (Å²) < 4.78 is 0. The summed E-state index contributed by atoms with van der Waals surface area (Å²) in [5, 5.41) is 7.59. The molecule has 10 heteroatoms. The van der Waals surface area contributed by atoms with Crippen molar-refractivity contribution in [3.63, 3.8) is 0 Å². The average Bonchev–Trinajstić information content (AvgIpc) is 3.51. The summed E-state index contributed by atoms with van der Waals surface area (Å²) in [6.07, 6.45) is 7.07. The summed E-state index contributed by atoms with van der Waals surface area (Å²) >= 11 is 0. The number of nitrogens with zero attached hydrogens (tertiary/aromatic N) is 7. The van der Waals surface area contributed by atoms with Gasteiger partial charge < -0.3 is 15.6 Å². The molecule has 35 heavy (non-hydrogen) atoms. The van der Waals surface area contributed by atoms with Crippen molar-refractivity contribution in [2.45, 2.75) is 6.04 Å². The molecule has 6 heterocycles. The van der Waals surface area contributed by atoms with E-state index in [0.29, 0.717) is 28.4 Å². The molecule has 10 nitrogen and oxygen atoms in total. The molecule has 0 unspecified atom stereocenters. The Kier molecular flexibility index (Phi) is 4.33. The van der Waals surface area contributed by atoms with Crippen LogP contribution in [0.3, 0.4) is 0 Å². The van der Waals surface area contributed by atoms with Gasteiger partial charge in [-0.2, -0.15) is 5.10 Å². The quantitative estimate of drug-likeness (QED) is 0.365. The molecule has 1 fully saturated rings. The first-order valence-corrected chi connectivity index (χ1v) is 11.3. The normalized spacial score (nSPS) is 14.0. The van der Waals surface area contributed by atoms with E-state index >= 15 is 0 Å². The van der Waals surface area contributed by atoms with Crippen molar-refractivity contribution in [2.24, 2.45) is 5.73 Å². The Morgan fingerprint density at radius 2 is 1.77 bits per heavy atom. The maximum absolute atomic E-state index is 5.92. The largest absolute Gasteiger partial charge is 0.352 e. The lowest BCUT2D eigenvalue weighted by molar-refractivity contribution is 0.514. The molecule has 4 N–H and O–H groups in total. The monoisotopic (exact) mass is 460 g/mol. The number of pyridine rings is 2. The highest BCUT2D eigenvalue weighted by Crippen LogP contribution is 2.31. The van der Waals surface area contributed by atoms with Crippen LogP contribution in [-0.2, 0) is 0 Å². The van der Waals surface area contributed by atoms with Gasteiger partial charge >= 0.3 is 0 Å². The van der Waals surface area contributed by atoms with Crippen molar-refractivity contribution in [3.8, 4) is 34.0 Å². The number of fused-ring (bicyclic) bond motifs is 2. The van der Waals surface area contributed by atoms with Gasteiger partial charge in [-0.3, -0.25) is 15.1 Å². The molecule has 0 amide bonds. The van der Waals surface area contributed by atoms with Gasteiger partial charge in [-0.05, 0) is 24.3 Å². The van der Waals surface area contributed by atoms with Crippen LogP contribution in [0.15, 0.2) is 67.3 Å². The summed E-state index contributed by atoms with van der Waals surface area (Å²) in [5.74, 6) is 1.44. The van der Waals surface area contributed by atoms with E-state index in [0.717, 1.165) is 46.6 Å². The topological polar surface area (TPSA) is 138 Å². The molecule has 0 saturated carbocycles. The molecular formula is C25H20N10. The Morgan fingerprint density at radius 1 is 0.829 bits per heavy atom. The SMILES string of the molecule is NC1CN(c2cncc(-c3ccc4[nH]nc(-c5nc6c(-c7cccnc7)cccc6[nH]5)c4n3)n2)C1. The van der Waals surface area contributed by atoms with Crippen LogP contribution in [0.25, 0.3) is 56.1 Å². The standard InChI is InChI=1S/C25H20N10/c26-15-12-35(13-15)21-11-28-10-20(29-21)17-6-7-19-23(30-17)24(34-33-19)25-31-18-5-1-4-16(22(18)32-25)14-3-2-8-27-9-14/h1-11,15H,12-13,26H2,(H,31,32)(H,33,34). The van der Waals surface area contributed by atoms with Crippen LogP contribution in [0.5, 0.6) is 0 Å². The zero-order valence-corrected chi connectivity index (χ0v) is 18.6. The van der Waals surface area contributed by atoms with Crippen molar-refractivity contribution < 1.29 is 0 Å². The van der Waals surface area contributed by atoms with E-state index in [-0.39, 0.29) is 6.04 Å². The van der Waals surface area contributed by atoms with Gasteiger partial charge in [-0.1, -0.05) is 18.2 Å². The predicted molar refractivity (Wildman–Crippen MR) is 133 cm³/mol. The summed E-state index contributed by atoms with van der Waals surface area (Å²) in [5.41, 5.74) is 13.3. The molecule has 0 atom stereocenters. The number of hydrogen-bond acceptors (Lipinski definition) is 8. The summed E-state index contributed by atoms with van der Waals surface area (Å²) in [6, 6.07) is 14.0. The van der Waals surface area contributed by atoms with Gasteiger partial charge in [0.05, 0.1) is 34.6 Å². The van der Waals surface area contributed by atoms with Crippen LogP contribution in [0.4, 0.5) is 5.82 Å². The van der Waals surface area contributed by atoms with E-state index in [1.165, 1.54) is 0 Å². The van der Waals surface area contributed by atoms with Crippen LogP contribution in [-0.4, -0.2) is 59.2 Å². The van der Waals surface area contributed by atoms with Crippen LogP contribution in [0.2, 0.25) is 0 Å². The highest BCUT2D eigenvalue weighted by molar-refractivity contribution is 5.96. The molecule has 6 aromatic rings. The van der Waals surface area contributed by atoms with Crippen molar-refractivity contribution in [3.05, 3.63) is 67.3 Å². The maximum Gasteiger partial charge on any atom is 0.161 e. The second kappa shape index (κ2) is 7.67. The minimum atomic E-state index is 0.186. The lowest BCUT2D eigenvalue weighted by Gasteiger charge is -2.37. The van der Waals surface area contributed by atoms with Crippen LogP contribution in [0.1, 0.15) is 0 Å². The Labute approximate surface area is 199 Å². The number of nitrogens with one attached hydrogen (secondary N) is 2. The number of aromatic amines is 2. The number of benzene rings is 1. The molecule has 170 valence electrons. The minimum absolute atomic E-state index is 0.186. The second-order valence-corrected chi connectivity index (χ2v) is 8.62. The zero-order valence-electron chi connectivity index (χ0n) is 18.6. The Bertz CT molecular complexity index is 1680. The van der Waals surface area contributed by atoms with Crippen molar-refractivity contribution >= 4 is 27.9 Å². The Balaban J connectivity index is 1.31. The molecule has 1 aromatic carbocycles. The fourth-order valence-electron chi connectivity index (χ4n) is 4.44. The van der Waals surface area contributed by atoms with Gasteiger partial charge in [0.2, 0.25) is 0 Å². The third-order valence-electron chi connectivity index (χ3n) is 6.24. The highest BCUT2D eigenvalue weighted by Gasteiger charge is 2.25. The van der Waals surface area contributed by atoms with E-state index in [1.54, 1.807) is 18.6 Å². The van der Waals surface area contributed by atoms with Crippen molar-refractivity contribution in [2.75, 3.05) is 18.0 Å². The number of para-hydroxylation sites is 1. The van der Waals surface area contributed by atoms with E-state index < -0.39 is 0 Å². The number of H-pyrrole nitrogens is 2. The molecule has 1 saturated heterocycles. The van der Waals surface area contributed by atoms with Gasteiger partial charge in [0.1, 0.15) is 17.0 Å².